The molecule has 39 heavy (non-hydrogen) atoms. The Bertz CT molecular complexity index is 936. The van der Waals surface area contributed by atoms with E-state index in [0.717, 1.165) is 31.1 Å². The third kappa shape index (κ3) is 16.2. The monoisotopic (exact) mass is 923 g/mol. The van der Waals surface area contributed by atoms with Crippen molar-refractivity contribution in [3.63, 3.8) is 0 Å². The van der Waals surface area contributed by atoms with E-state index in [0.29, 0.717) is 5.25 Å². The lowest BCUT2D eigenvalue weighted by molar-refractivity contribution is -0.697. The molecule has 0 bridgehead atoms. The Labute approximate surface area is 301 Å². The van der Waals surface area contributed by atoms with Gasteiger partial charge in [0, 0.05) is 87.1 Å². The van der Waals surface area contributed by atoms with Crippen LogP contribution in [0.25, 0.3) is 0 Å². The van der Waals surface area contributed by atoms with Gasteiger partial charge in [0.2, 0.25) is 0 Å². The molecule has 0 N–H and O–H groups in total. The molecular weight excluding hydrogens is 879 g/mol. The molecule has 0 saturated heterocycles. The molecule has 0 saturated carbocycles. The molecule has 3 heterocycles. The van der Waals surface area contributed by atoms with Crippen molar-refractivity contribution < 1.29 is 85.6 Å². The van der Waals surface area contributed by atoms with E-state index in [4.69, 9.17) is 0 Å². The molecule has 0 aliphatic carbocycles. The van der Waals surface area contributed by atoms with Crippen LogP contribution in [0.4, 0.5) is 0 Å². The van der Waals surface area contributed by atoms with Crippen LogP contribution in [0.5, 0.6) is 0 Å². The Kier molecular flexibility index (Phi) is 24.6. The number of halogens is 3. The van der Waals surface area contributed by atoms with Crippen LogP contribution in [0.2, 0.25) is 0 Å². The van der Waals surface area contributed by atoms with Crippen molar-refractivity contribution in [3.8, 4) is 0 Å². The Morgan fingerprint density at radius 2 is 0.821 bits per heavy atom. The fourth-order valence-electron chi connectivity index (χ4n) is 3.76. The maximum atomic E-state index is 2.31. The molecule has 0 atom stereocenters. The van der Waals surface area contributed by atoms with Gasteiger partial charge in [0.25, 0.3) is 0 Å². The Morgan fingerprint density at radius 3 is 1.13 bits per heavy atom. The lowest BCUT2D eigenvalue weighted by Gasteiger charge is -2.16. The van der Waals surface area contributed by atoms with E-state index in [1.807, 2.05) is 35.3 Å². The summed E-state index contributed by atoms with van der Waals surface area (Å²) < 4.78 is 6.91. The minimum Gasteiger partial charge on any atom is -1.00 e. The molecule has 0 amide bonds. The summed E-state index contributed by atoms with van der Waals surface area (Å²) in [6.07, 6.45) is 20.8. The second kappa shape index (κ2) is 24.2. The van der Waals surface area contributed by atoms with Gasteiger partial charge in [-0.05, 0) is 0 Å². The van der Waals surface area contributed by atoms with Crippen LogP contribution in [0.3, 0.4) is 0 Å². The number of nitrogens with zero attached hydrogens (tertiary/aromatic N) is 3. The van der Waals surface area contributed by atoms with Crippen LogP contribution in [-0.4, -0.2) is 16.8 Å². The minimum absolute atomic E-state index is 0. The summed E-state index contributed by atoms with van der Waals surface area (Å²) in [7, 11) is 0. The topological polar surface area (TPSA) is 11.6 Å². The van der Waals surface area contributed by atoms with Gasteiger partial charge in [-0.3, -0.25) is 0 Å². The summed E-state index contributed by atoms with van der Waals surface area (Å²) in [6, 6.07) is 13.7. The molecule has 0 aliphatic rings. The van der Waals surface area contributed by atoms with E-state index in [9.17, 15) is 0 Å². The molecule has 0 radical (unpaired) electrons. The van der Waals surface area contributed by atoms with Crippen LogP contribution in [0.1, 0.15) is 59.3 Å². The van der Waals surface area contributed by atoms with Crippen molar-refractivity contribution in [2.24, 2.45) is 0 Å². The van der Waals surface area contributed by atoms with E-state index in [-0.39, 0.29) is 71.9 Å². The van der Waals surface area contributed by atoms with Crippen molar-refractivity contribution in [1.82, 2.24) is 0 Å². The highest BCUT2D eigenvalue weighted by molar-refractivity contribution is 8.05. The molecule has 0 spiro atoms. The third-order valence-electron chi connectivity index (χ3n) is 6.07. The maximum absolute atomic E-state index is 2.31. The van der Waals surface area contributed by atoms with Gasteiger partial charge in [0.05, 0.1) is 0 Å². The second-order valence-electron chi connectivity index (χ2n) is 9.24. The highest BCUT2D eigenvalue weighted by Crippen LogP contribution is 2.32. The second-order valence-corrected chi connectivity index (χ2v) is 12.8. The lowest BCUT2D eigenvalue weighted by Crippen LogP contribution is -3.00. The molecule has 3 aromatic rings. The van der Waals surface area contributed by atoms with E-state index in [1.165, 1.54) is 53.2 Å². The molecule has 0 aromatic carbocycles. The average molecular weight is 924 g/mol. The molecule has 218 valence electrons. The first kappa shape index (κ1) is 39.7. The van der Waals surface area contributed by atoms with Gasteiger partial charge in [0.1, 0.15) is 19.6 Å². The number of hydrogen-bond donors (Lipinski definition) is 0. The highest BCUT2D eigenvalue weighted by atomic mass is 127. The largest absolute Gasteiger partial charge is 1.00 e. The summed E-state index contributed by atoms with van der Waals surface area (Å²) in [5.41, 5.74) is 0. The van der Waals surface area contributed by atoms with Crippen LogP contribution in [0, 0.1) is 0 Å². The van der Waals surface area contributed by atoms with Crippen molar-refractivity contribution in [2.75, 3.05) is 11.5 Å². The Balaban J connectivity index is 0.00000481. The molecule has 0 fully saturated rings. The van der Waals surface area contributed by atoms with Gasteiger partial charge < -0.3 is 71.9 Å². The quantitative estimate of drug-likeness (QED) is 0.0886. The van der Waals surface area contributed by atoms with Crippen LogP contribution >= 0.6 is 35.3 Å². The number of pyridine rings is 3. The number of aromatic nitrogens is 3. The third-order valence-corrected chi connectivity index (χ3v) is 10.0. The highest BCUT2D eigenvalue weighted by Gasteiger charge is 2.15. The van der Waals surface area contributed by atoms with Crippen molar-refractivity contribution >= 4 is 35.3 Å². The zero-order valence-corrected chi connectivity index (χ0v) is 32.4. The molecule has 0 aliphatic heterocycles. The maximum Gasteiger partial charge on any atom is 0.169 e. The van der Waals surface area contributed by atoms with Crippen molar-refractivity contribution in [3.05, 3.63) is 73.6 Å². The van der Waals surface area contributed by atoms with Crippen molar-refractivity contribution in [2.45, 2.75) is 98.9 Å². The van der Waals surface area contributed by atoms with Gasteiger partial charge in [-0.1, -0.05) is 40.0 Å². The van der Waals surface area contributed by atoms with Gasteiger partial charge in [0.15, 0.2) is 37.2 Å². The molecule has 3 aromatic heterocycles. The van der Waals surface area contributed by atoms with Gasteiger partial charge in [-0.15, -0.1) is 35.3 Å². The summed E-state index contributed by atoms with van der Waals surface area (Å²) in [5, 5.41) is 0.534. The summed E-state index contributed by atoms with van der Waals surface area (Å²) >= 11 is 5.99. The fourth-order valence-corrected chi connectivity index (χ4v) is 7.14. The normalized spacial score (nSPS) is 10.5. The predicted octanol–water partition coefficient (Wildman–Crippen LogP) is -1.99. The molecule has 3 nitrogen and oxygen atoms in total. The number of hydrogen-bond acceptors (Lipinski definition) is 3. The van der Waals surface area contributed by atoms with E-state index in [2.05, 4.69) is 108 Å². The first-order valence-corrected chi connectivity index (χ1v) is 16.4. The van der Waals surface area contributed by atoms with Crippen LogP contribution in [0.15, 0.2) is 88.3 Å². The van der Waals surface area contributed by atoms with Gasteiger partial charge in [-0.25, -0.2) is 13.7 Å². The Hall–Kier alpha value is 0.690. The molecule has 9 heteroatoms. The fraction of sp³-hybridized carbons (Fsp3) is 0.500. The lowest BCUT2D eigenvalue weighted by atomic mass is 10.3. The van der Waals surface area contributed by atoms with Crippen molar-refractivity contribution in [1.29, 1.82) is 0 Å². The van der Waals surface area contributed by atoms with Gasteiger partial charge in [-0.2, -0.15) is 0 Å². The molecule has 3 rings (SSSR count). The van der Waals surface area contributed by atoms with E-state index in [1.54, 1.807) is 0 Å². The summed E-state index contributed by atoms with van der Waals surface area (Å²) in [4.78, 5) is 4.09. The number of unbranched alkanes of at least 4 members (excludes halogenated alkanes) is 3. The zero-order valence-electron chi connectivity index (χ0n) is 23.5. The number of thioether (sulfide) groups is 3. The SMILES string of the molecule is CCCC[n+]1ccc(SCC(CSc2cc[n+](CCCC)cc2)Sc2cc[n+](CCCC)cc2)cc1.[I-].[I-].[I-]. The molecular formula is C30H44I3N3S3. The van der Waals surface area contributed by atoms with E-state index >= 15 is 0 Å². The van der Waals surface area contributed by atoms with Crippen LogP contribution < -0.4 is 85.6 Å². The summed E-state index contributed by atoms with van der Waals surface area (Å²) in [6.45, 7) is 10.1. The average Bonchev–Trinajstić information content (AvgIpc) is 2.93. The molecule has 0 unspecified atom stereocenters. The van der Waals surface area contributed by atoms with Crippen LogP contribution in [-0.2, 0) is 19.6 Å². The standard InChI is InChI=1S/C30H44N3S3.3HI/c1-4-7-16-31-19-10-27(11-20-31)34-25-30(36-29-14-23-33(24-15-29)18-9-6-3)26-35-28-12-21-32(22-13-28)17-8-5-2;;;/h10-15,19-24,30H,4-9,16-18,25-26H2,1-3H3;3*1H/q+3;;;/p-3. The first-order chi connectivity index (χ1) is 17.7. The predicted molar refractivity (Wildman–Crippen MR) is 156 cm³/mol. The number of aryl methyl sites for hydroxylation is 3. The van der Waals surface area contributed by atoms with E-state index < -0.39 is 0 Å². The summed E-state index contributed by atoms with van der Waals surface area (Å²) in [5.74, 6) is 2.20. The van der Waals surface area contributed by atoms with Gasteiger partial charge >= 0.3 is 0 Å². The minimum atomic E-state index is 0. The Morgan fingerprint density at radius 1 is 0.513 bits per heavy atom. The first-order valence-electron chi connectivity index (χ1n) is 13.6. The zero-order chi connectivity index (χ0) is 25.4. The number of rotatable bonds is 17. The smallest absolute Gasteiger partial charge is 0.169 e.